The highest BCUT2D eigenvalue weighted by molar-refractivity contribution is 5.63. The van der Waals surface area contributed by atoms with Gasteiger partial charge < -0.3 is 5.32 Å². The summed E-state index contributed by atoms with van der Waals surface area (Å²) in [7, 11) is 0. The van der Waals surface area contributed by atoms with E-state index in [1.807, 2.05) is 0 Å². The standard InChI is InChI=1S/C17H21N3/c1-12-7-3-4-8-14(12)16-11-13(2)19-17(20-16)15-9-5-6-10-18-15/h3-4,7-8,11,15,18H,5-6,9-10H2,1-2H3. The Hall–Kier alpha value is -1.74. The van der Waals surface area contributed by atoms with E-state index in [4.69, 9.17) is 4.98 Å². The number of rotatable bonds is 2. The smallest absolute Gasteiger partial charge is 0.146 e. The molecular weight excluding hydrogens is 246 g/mol. The molecule has 0 saturated carbocycles. The average Bonchev–Trinajstić information content (AvgIpc) is 2.48. The van der Waals surface area contributed by atoms with Crippen LogP contribution in [0.15, 0.2) is 30.3 Å². The molecule has 1 aromatic heterocycles. The number of piperidine rings is 1. The third-order valence-electron chi connectivity index (χ3n) is 3.91. The first-order chi connectivity index (χ1) is 9.74. The molecule has 1 fully saturated rings. The van der Waals surface area contributed by atoms with Crippen molar-refractivity contribution in [3.05, 3.63) is 47.4 Å². The summed E-state index contributed by atoms with van der Waals surface area (Å²) in [6.07, 6.45) is 3.65. The monoisotopic (exact) mass is 267 g/mol. The van der Waals surface area contributed by atoms with Crippen LogP contribution in [-0.4, -0.2) is 16.5 Å². The Kier molecular flexibility index (Phi) is 3.79. The summed E-state index contributed by atoms with van der Waals surface area (Å²) in [4.78, 5) is 9.45. The minimum absolute atomic E-state index is 0.311. The molecule has 0 bridgehead atoms. The molecule has 1 unspecified atom stereocenters. The SMILES string of the molecule is Cc1cc(-c2ccccc2C)nc(C2CCCCN2)n1. The first kappa shape index (κ1) is 13.3. The molecule has 1 N–H and O–H groups in total. The lowest BCUT2D eigenvalue weighted by Gasteiger charge is -2.22. The van der Waals surface area contributed by atoms with Crippen LogP contribution in [0.2, 0.25) is 0 Å². The van der Waals surface area contributed by atoms with Crippen LogP contribution in [0, 0.1) is 13.8 Å². The zero-order valence-corrected chi connectivity index (χ0v) is 12.2. The first-order valence-electron chi connectivity index (χ1n) is 7.39. The van der Waals surface area contributed by atoms with Crippen LogP contribution >= 0.6 is 0 Å². The van der Waals surface area contributed by atoms with E-state index in [0.29, 0.717) is 6.04 Å². The maximum absolute atomic E-state index is 4.81. The van der Waals surface area contributed by atoms with Gasteiger partial charge in [0.05, 0.1) is 11.7 Å². The van der Waals surface area contributed by atoms with Crippen LogP contribution in [0.4, 0.5) is 0 Å². The molecule has 1 saturated heterocycles. The predicted molar refractivity (Wildman–Crippen MR) is 81.5 cm³/mol. The zero-order valence-electron chi connectivity index (χ0n) is 12.2. The molecule has 1 aliphatic rings. The van der Waals surface area contributed by atoms with Crippen molar-refractivity contribution in [2.24, 2.45) is 0 Å². The van der Waals surface area contributed by atoms with Gasteiger partial charge in [-0.3, -0.25) is 0 Å². The van der Waals surface area contributed by atoms with Crippen molar-refractivity contribution in [1.29, 1.82) is 0 Å². The van der Waals surface area contributed by atoms with Crippen molar-refractivity contribution in [3.8, 4) is 11.3 Å². The number of nitrogens with zero attached hydrogens (tertiary/aromatic N) is 2. The third-order valence-corrected chi connectivity index (χ3v) is 3.91. The van der Waals surface area contributed by atoms with Gasteiger partial charge in [0.1, 0.15) is 5.82 Å². The van der Waals surface area contributed by atoms with Crippen molar-refractivity contribution < 1.29 is 0 Å². The summed E-state index contributed by atoms with van der Waals surface area (Å²) in [6, 6.07) is 10.8. The van der Waals surface area contributed by atoms with Crippen molar-refractivity contribution in [1.82, 2.24) is 15.3 Å². The van der Waals surface area contributed by atoms with Crippen molar-refractivity contribution >= 4 is 0 Å². The third kappa shape index (κ3) is 2.73. The molecule has 0 aliphatic carbocycles. The quantitative estimate of drug-likeness (QED) is 0.903. The van der Waals surface area contributed by atoms with Gasteiger partial charge in [0.2, 0.25) is 0 Å². The van der Waals surface area contributed by atoms with Crippen LogP contribution in [0.3, 0.4) is 0 Å². The molecule has 3 heteroatoms. The number of hydrogen-bond acceptors (Lipinski definition) is 3. The maximum atomic E-state index is 4.81. The fourth-order valence-electron chi connectivity index (χ4n) is 2.82. The van der Waals surface area contributed by atoms with E-state index in [1.54, 1.807) is 0 Å². The normalized spacial score (nSPS) is 19.0. The van der Waals surface area contributed by atoms with Gasteiger partial charge in [0.25, 0.3) is 0 Å². The summed E-state index contributed by atoms with van der Waals surface area (Å²) in [5.41, 5.74) is 4.54. The predicted octanol–water partition coefficient (Wildman–Crippen LogP) is 3.58. The fraction of sp³-hybridized carbons (Fsp3) is 0.412. The lowest BCUT2D eigenvalue weighted by atomic mass is 10.0. The van der Waals surface area contributed by atoms with Gasteiger partial charge in [-0.1, -0.05) is 30.7 Å². The number of hydrogen-bond donors (Lipinski definition) is 1. The Balaban J connectivity index is 2.00. The van der Waals surface area contributed by atoms with E-state index in [9.17, 15) is 0 Å². The molecule has 1 aliphatic heterocycles. The van der Waals surface area contributed by atoms with E-state index < -0.39 is 0 Å². The van der Waals surface area contributed by atoms with E-state index in [-0.39, 0.29) is 0 Å². The molecule has 0 amide bonds. The van der Waals surface area contributed by atoms with Gasteiger partial charge in [-0.15, -0.1) is 0 Å². The first-order valence-corrected chi connectivity index (χ1v) is 7.39. The van der Waals surface area contributed by atoms with Crippen molar-refractivity contribution in [2.45, 2.75) is 39.2 Å². The molecular formula is C17H21N3. The lowest BCUT2D eigenvalue weighted by Crippen LogP contribution is -2.28. The van der Waals surface area contributed by atoms with Crippen LogP contribution in [0.5, 0.6) is 0 Å². The molecule has 20 heavy (non-hydrogen) atoms. The Morgan fingerprint density at radius 1 is 1.10 bits per heavy atom. The largest absolute Gasteiger partial charge is 0.307 e. The van der Waals surface area contributed by atoms with Crippen LogP contribution in [0.1, 0.15) is 42.4 Å². The second-order valence-electron chi connectivity index (χ2n) is 5.57. The van der Waals surface area contributed by atoms with E-state index >= 15 is 0 Å². The minimum atomic E-state index is 0.311. The Bertz CT molecular complexity index is 601. The molecule has 1 atom stereocenters. The molecule has 0 spiro atoms. The molecule has 0 radical (unpaired) electrons. The van der Waals surface area contributed by atoms with Crippen molar-refractivity contribution in [2.75, 3.05) is 6.54 Å². The van der Waals surface area contributed by atoms with Gasteiger partial charge >= 0.3 is 0 Å². The van der Waals surface area contributed by atoms with Crippen LogP contribution < -0.4 is 5.32 Å². The summed E-state index contributed by atoms with van der Waals surface area (Å²) in [6.45, 7) is 5.25. The second-order valence-corrected chi connectivity index (χ2v) is 5.57. The fourth-order valence-corrected chi connectivity index (χ4v) is 2.82. The topological polar surface area (TPSA) is 37.8 Å². The summed E-state index contributed by atoms with van der Waals surface area (Å²) < 4.78 is 0. The van der Waals surface area contributed by atoms with E-state index in [0.717, 1.165) is 30.2 Å². The van der Waals surface area contributed by atoms with E-state index in [2.05, 4.69) is 54.5 Å². The zero-order chi connectivity index (χ0) is 13.9. The van der Waals surface area contributed by atoms with Gasteiger partial charge in [-0.25, -0.2) is 9.97 Å². The Morgan fingerprint density at radius 2 is 1.95 bits per heavy atom. The summed E-state index contributed by atoms with van der Waals surface area (Å²) >= 11 is 0. The van der Waals surface area contributed by atoms with Crippen LogP contribution in [-0.2, 0) is 0 Å². The summed E-state index contributed by atoms with van der Waals surface area (Å²) in [5, 5.41) is 3.53. The van der Waals surface area contributed by atoms with E-state index in [1.165, 1.54) is 24.0 Å². The van der Waals surface area contributed by atoms with Gasteiger partial charge in [0.15, 0.2) is 0 Å². The number of aromatic nitrogens is 2. The highest BCUT2D eigenvalue weighted by Crippen LogP contribution is 2.25. The van der Waals surface area contributed by atoms with Gasteiger partial charge in [-0.2, -0.15) is 0 Å². The van der Waals surface area contributed by atoms with Gasteiger partial charge in [0, 0.05) is 11.3 Å². The maximum Gasteiger partial charge on any atom is 0.146 e. The molecule has 1 aromatic carbocycles. The summed E-state index contributed by atoms with van der Waals surface area (Å²) in [5.74, 6) is 0.947. The number of aryl methyl sites for hydroxylation is 2. The number of nitrogens with one attached hydrogen (secondary N) is 1. The second kappa shape index (κ2) is 5.71. The molecule has 3 rings (SSSR count). The molecule has 2 heterocycles. The van der Waals surface area contributed by atoms with Crippen LogP contribution in [0.25, 0.3) is 11.3 Å². The highest BCUT2D eigenvalue weighted by atomic mass is 15.0. The highest BCUT2D eigenvalue weighted by Gasteiger charge is 2.18. The van der Waals surface area contributed by atoms with Crippen molar-refractivity contribution in [3.63, 3.8) is 0 Å². The average molecular weight is 267 g/mol. The lowest BCUT2D eigenvalue weighted by molar-refractivity contribution is 0.397. The Labute approximate surface area is 120 Å². The Morgan fingerprint density at radius 3 is 2.70 bits per heavy atom. The van der Waals surface area contributed by atoms with Gasteiger partial charge in [-0.05, 0) is 44.9 Å². The number of benzene rings is 1. The minimum Gasteiger partial charge on any atom is -0.307 e. The molecule has 2 aromatic rings. The molecule has 104 valence electrons. The molecule has 3 nitrogen and oxygen atoms in total.